The molecule has 62 valence electrons. The Morgan fingerprint density at radius 2 is 2.33 bits per heavy atom. The minimum absolute atomic E-state index is 0.615. The van der Waals surface area contributed by atoms with Gasteiger partial charge in [-0.1, -0.05) is 0 Å². The number of hydrogen-bond acceptors (Lipinski definition) is 3. The summed E-state index contributed by atoms with van der Waals surface area (Å²) in [5.41, 5.74) is -0.789. The number of nitriles is 1. The third-order valence-electron chi connectivity index (χ3n) is 1.28. The Morgan fingerprint density at radius 3 is 2.83 bits per heavy atom. The number of ether oxygens (including phenoxy) is 1. The zero-order chi connectivity index (χ0) is 9.03. The summed E-state index contributed by atoms with van der Waals surface area (Å²) in [7, 11) is 0. The number of pyridine rings is 1. The van der Waals surface area contributed by atoms with Crippen molar-refractivity contribution in [2.45, 2.75) is 19.4 Å². The predicted octanol–water partition coefficient (Wildman–Crippen LogP) is 1.76. The van der Waals surface area contributed by atoms with Crippen LogP contribution in [-0.4, -0.2) is 10.6 Å². The van der Waals surface area contributed by atoms with Crippen LogP contribution in [0.25, 0.3) is 0 Å². The molecule has 3 nitrogen and oxygen atoms in total. The highest BCUT2D eigenvalue weighted by Gasteiger charge is 2.17. The van der Waals surface area contributed by atoms with E-state index in [1.807, 2.05) is 6.07 Å². The molecule has 0 bridgehead atoms. The molecule has 0 fully saturated rings. The van der Waals surface area contributed by atoms with E-state index in [4.69, 9.17) is 10.00 Å². The second-order valence-corrected chi connectivity index (χ2v) is 2.91. The lowest BCUT2D eigenvalue weighted by molar-refractivity contribution is 0.169. The van der Waals surface area contributed by atoms with Crippen LogP contribution in [0.3, 0.4) is 0 Å². The van der Waals surface area contributed by atoms with Crippen molar-refractivity contribution in [1.29, 1.82) is 5.26 Å². The van der Waals surface area contributed by atoms with Crippen LogP contribution >= 0.6 is 0 Å². The van der Waals surface area contributed by atoms with Gasteiger partial charge < -0.3 is 4.74 Å². The van der Waals surface area contributed by atoms with Crippen molar-refractivity contribution in [3.63, 3.8) is 0 Å². The minimum Gasteiger partial charge on any atom is -0.471 e. The highest BCUT2D eigenvalue weighted by Crippen LogP contribution is 2.15. The summed E-state index contributed by atoms with van der Waals surface area (Å²) in [6.45, 7) is 3.42. The van der Waals surface area contributed by atoms with Crippen molar-refractivity contribution in [1.82, 2.24) is 4.98 Å². The predicted molar refractivity (Wildman–Crippen MR) is 44.6 cm³/mol. The highest BCUT2D eigenvalue weighted by atomic mass is 16.5. The summed E-state index contributed by atoms with van der Waals surface area (Å²) in [4.78, 5) is 3.87. The summed E-state index contributed by atoms with van der Waals surface area (Å²) < 4.78 is 5.33. The lowest BCUT2D eigenvalue weighted by atomic mass is 10.2. The van der Waals surface area contributed by atoms with Crippen LogP contribution in [0.4, 0.5) is 0 Å². The van der Waals surface area contributed by atoms with E-state index in [-0.39, 0.29) is 0 Å². The molecule has 0 aliphatic heterocycles. The second kappa shape index (κ2) is 3.22. The van der Waals surface area contributed by atoms with Crippen molar-refractivity contribution >= 4 is 0 Å². The molecule has 1 aromatic heterocycles. The number of hydrogen-bond donors (Lipinski definition) is 0. The Bertz CT molecular complexity index is 287. The molecule has 0 unspecified atom stereocenters. The molecule has 1 heterocycles. The summed E-state index contributed by atoms with van der Waals surface area (Å²) in [5, 5.41) is 8.66. The van der Waals surface area contributed by atoms with Crippen LogP contribution in [0, 0.1) is 11.3 Å². The lowest BCUT2D eigenvalue weighted by Crippen LogP contribution is -2.25. The fourth-order valence-corrected chi connectivity index (χ4v) is 0.725. The monoisotopic (exact) mass is 162 g/mol. The van der Waals surface area contributed by atoms with Gasteiger partial charge >= 0.3 is 0 Å². The molecular weight excluding hydrogens is 152 g/mol. The van der Waals surface area contributed by atoms with Gasteiger partial charge in [-0.15, -0.1) is 0 Å². The van der Waals surface area contributed by atoms with Crippen LogP contribution in [0.2, 0.25) is 0 Å². The summed E-state index contributed by atoms with van der Waals surface area (Å²) in [6, 6.07) is 5.58. The zero-order valence-electron chi connectivity index (χ0n) is 7.11. The largest absolute Gasteiger partial charge is 0.471 e. The Labute approximate surface area is 71.6 Å². The van der Waals surface area contributed by atoms with E-state index in [0.29, 0.717) is 5.75 Å². The molecule has 0 aliphatic carbocycles. The van der Waals surface area contributed by atoms with Crippen LogP contribution < -0.4 is 4.74 Å². The average Bonchev–Trinajstić information content (AvgIpc) is 2.06. The molecule has 1 aromatic rings. The van der Waals surface area contributed by atoms with Gasteiger partial charge in [0.1, 0.15) is 11.8 Å². The fraction of sp³-hybridized carbons (Fsp3) is 0.333. The molecule has 0 saturated heterocycles. The minimum atomic E-state index is -0.789. The van der Waals surface area contributed by atoms with Gasteiger partial charge in [0.15, 0.2) is 5.60 Å². The van der Waals surface area contributed by atoms with Gasteiger partial charge in [-0.2, -0.15) is 5.26 Å². The highest BCUT2D eigenvalue weighted by molar-refractivity contribution is 5.18. The lowest BCUT2D eigenvalue weighted by Gasteiger charge is -2.17. The first-order valence-corrected chi connectivity index (χ1v) is 3.64. The van der Waals surface area contributed by atoms with Crippen molar-refractivity contribution in [3.05, 3.63) is 24.5 Å². The Hall–Kier alpha value is -1.56. The molecule has 12 heavy (non-hydrogen) atoms. The maximum atomic E-state index is 8.66. The van der Waals surface area contributed by atoms with E-state index in [9.17, 15) is 0 Å². The van der Waals surface area contributed by atoms with Crippen molar-refractivity contribution in [2.75, 3.05) is 0 Å². The Morgan fingerprint density at radius 1 is 1.58 bits per heavy atom. The van der Waals surface area contributed by atoms with E-state index in [2.05, 4.69) is 4.98 Å². The first kappa shape index (κ1) is 8.54. The fourth-order valence-electron chi connectivity index (χ4n) is 0.725. The molecular formula is C9H10N2O. The second-order valence-electron chi connectivity index (χ2n) is 2.91. The molecule has 1 rings (SSSR count). The van der Waals surface area contributed by atoms with Crippen LogP contribution in [-0.2, 0) is 0 Å². The molecule has 0 radical (unpaired) electrons. The van der Waals surface area contributed by atoms with Gasteiger partial charge in [-0.05, 0) is 26.0 Å². The van der Waals surface area contributed by atoms with Crippen LogP contribution in [0.15, 0.2) is 24.5 Å². The number of nitrogens with zero attached hydrogens (tertiary/aromatic N) is 2. The first-order valence-electron chi connectivity index (χ1n) is 3.64. The van der Waals surface area contributed by atoms with Gasteiger partial charge in [-0.25, -0.2) is 0 Å². The van der Waals surface area contributed by atoms with E-state index in [1.54, 1.807) is 38.4 Å². The normalized spacial score (nSPS) is 10.4. The Balaban J connectivity index is 2.72. The van der Waals surface area contributed by atoms with Crippen LogP contribution in [0.1, 0.15) is 13.8 Å². The van der Waals surface area contributed by atoms with Crippen molar-refractivity contribution < 1.29 is 4.74 Å². The Kier molecular flexibility index (Phi) is 2.29. The molecule has 0 amide bonds. The quantitative estimate of drug-likeness (QED) is 0.665. The third-order valence-corrected chi connectivity index (χ3v) is 1.28. The van der Waals surface area contributed by atoms with Gasteiger partial charge in [0, 0.05) is 6.20 Å². The smallest absolute Gasteiger partial charge is 0.188 e. The average molecular weight is 162 g/mol. The summed E-state index contributed by atoms with van der Waals surface area (Å²) >= 11 is 0. The standard InChI is InChI=1S/C9H10N2O/c1-9(2,7-10)12-8-4-3-5-11-6-8/h3-6H,1-2H3. The van der Waals surface area contributed by atoms with E-state index >= 15 is 0 Å². The molecule has 0 aliphatic rings. The van der Waals surface area contributed by atoms with Crippen LogP contribution in [0.5, 0.6) is 5.75 Å². The first-order chi connectivity index (χ1) is 5.64. The van der Waals surface area contributed by atoms with E-state index in [1.165, 1.54) is 0 Å². The maximum Gasteiger partial charge on any atom is 0.188 e. The van der Waals surface area contributed by atoms with E-state index < -0.39 is 5.60 Å². The SMILES string of the molecule is CC(C)(C#N)Oc1cccnc1. The molecule has 0 saturated carbocycles. The summed E-state index contributed by atoms with van der Waals surface area (Å²) in [6.07, 6.45) is 3.24. The van der Waals surface area contributed by atoms with Gasteiger partial charge in [0.25, 0.3) is 0 Å². The zero-order valence-corrected chi connectivity index (χ0v) is 7.11. The number of rotatable bonds is 2. The maximum absolute atomic E-state index is 8.66. The molecule has 0 N–H and O–H groups in total. The molecule has 0 atom stereocenters. The molecule has 3 heteroatoms. The van der Waals surface area contributed by atoms with Crippen molar-refractivity contribution in [3.8, 4) is 11.8 Å². The van der Waals surface area contributed by atoms with E-state index in [0.717, 1.165) is 0 Å². The van der Waals surface area contributed by atoms with Gasteiger partial charge in [0.05, 0.1) is 6.20 Å². The molecule has 0 aromatic carbocycles. The van der Waals surface area contributed by atoms with Crippen molar-refractivity contribution in [2.24, 2.45) is 0 Å². The summed E-state index contributed by atoms with van der Waals surface area (Å²) in [5.74, 6) is 0.615. The topological polar surface area (TPSA) is 45.9 Å². The molecule has 0 spiro atoms. The number of aromatic nitrogens is 1. The van der Waals surface area contributed by atoms with Gasteiger partial charge in [0.2, 0.25) is 0 Å². The third kappa shape index (κ3) is 2.24. The van der Waals surface area contributed by atoms with Gasteiger partial charge in [-0.3, -0.25) is 4.98 Å².